The number of phenolic OH excluding ortho intramolecular Hbond substituents is 1. The molecule has 0 unspecified atom stereocenters. The van der Waals surface area contributed by atoms with Crippen LogP contribution >= 0.6 is 0 Å². The second-order valence-electron chi connectivity index (χ2n) is 14.0. The number of aromatic hydroxyl groups is 1. The molecule has 0 spiro atoms. The zero-order valence-electron chi connectivity index (χ0n) is 33.5. The third kappa shape index (κ3) is 19.2. The minimum Gasteiger partial charge on any atom is -0.872 e. The number of unbranched alkanes of at least 4 members (excludes halogenated alkanes) is 14. The van der Waals surface area contributed by atoms with Crippen LogP contribution in [-0.4, -0.2) is 68.8 Å². The molecule has 0 aliphatic heterocycles. The molecule has 13 heteroatoms. The quantitative estimate of drug-likeness (QED) is 0.0392. The maximum Gasteiger partial charge on any atom is 2.00 e. The van der Waals surface area contributed by atoms with Gasteiger partial charge in [-0.15, -0.1) is 5.75 Å². The van der Waals surface area contributed by atoms with E-state index in [1.165, 1.54) is 131 Å². The van der Waals surface area contributed by atoms with Gasteiger partial charge in [0.2, 0.25) is 0 Å². The van der Waals surface area contributed by atoms with Gasteiger partial charge in [-0.2, -0.15) is 8.42 Å². The molecule has 4 aromatic rings. The molecular formula is C44H58CaO10S2. The summed E-state index contributed by atoms with van der Waals surface area (Å²) in [5, 5.41) is 21.6. The van der Waals surface area contributed by atoms with E-state index in [0.29, 0.717) is 17.9 Å². The van der Waals surface area contributed by atoms with Crippen LogP contribution in [0.15, 0.2) is 94.7 Å². The first-order valence-electron chi connectivity index (χ1n) is 19.9. The first kappa shape index (κ1) is 50.3. The zero-order valence-corrected chi connectivity index (χ0v) is 37.3. The monoisotopic (exact) mass is 850 g/mol. The Bertz CT molecular complexity index is 1840. The zero-order chi connectivity index (χ0) is 40.8. The Morgan fingerprint density at radius 2 is 0.930 bits per heavy atom. The normalized spacial score (nSPS) is 11.3. The van der Waals surface area contributed by atoms with Crippen molar-refractivity contribution in [1.29, 1.82) is 0 Å². The fraction of sp³-hybridized carbons (Fsp3) is 0.455. The van der Waals surface area contributed by atoms with Crippen molar-refractivity contribution in [3.8, 4) is 34.5 Å². The topological polar surface area (TPSA) is 173 Å². The number of ether oxygens (including phenoxy) is 2. The number of benzene rings is 4. The van der Waals surface area contributed by atoms with Gasteiger partial charge < -0.3 is 24.2 Å². The molecule has 57 heavy (non-hydrogen) atoms. The van der Waals surface area contributed by atoms with E-state index in [2.05, 4.69) is 13.8 Å². The van der Waals surface area contributed by atoms with Gasteiger partial charge in [-0.25, -0.2) is 8.42 Å². The standard InChI is InChI=1S/2C22H30O5S.Ca/c2*1-2-3-4-5-6-7-8-9-12-18-17-19(23)15-16-20(18)27-21-13-10-11-14-22(21)28(24,25)26;/h2*10-11,13-17,23H,2-9,12H2,1H3,(H,24,25,26);/q;;+2/p-2. The van der Waals surface area contributed by atoms with Gasteiger partial charge in [0.05, 0.1) is 4.90 Å². The van der Waals surface area contributed by atoms with Crippen LogP contribution < -0.4 is 14.6 Å². The smallest absolute Gasteiger partial charge is 0.872 e. The van der Waals surface area contributed by atoms with Gasteiger partial charge >= 0.3 is 37.7 Å². The Morgan fingerprint density at radius 3 is 1.40 bits per heavy atom. The minimum atomic E-state index is -4.65. The van der Waals surface area contributed by atoms with Crippen molar-refractivity contribution in [2.45, 2.75) is 139 Å². The Hall–Kier alpha value is -2.84. The van der Waals surface area contributed by atoms with E-state index < -0.39 is 25.1 Å². The molecule has 0 saturated heterocycles. The fourth-order valence-electron chi connectivity index (χ4n) is 6.34. The number of para-hydroxylation sites is 2. The molecule has 0 aliphatic rings. The molecule has 0 amide bonds. The van der Waals surface area contributed by atoms with E-state index in [1.54, 1.807) is 24.3 Å². The van der Waals surface area contributed by atoms with Crippen molar-refractivity contribution in [3.63, 3.8) is 0 Å². The Kier molecular flexibility index (Phi) is 23.8. The summed E-state index contributed by atoms with van der Waals surface area (Å²) in [6, 6.07) is 20.9. The van der Waals surface area contributed by atoms with Crippen LogP contribution in [0.25, 0.3) is 0 Å². The fourth-order valence-corrected chi connectivity index (χ4v) is 7.55. The first-order chi connectivity index (χ1) is 26.8. The summed E-state index contributed by atoms with van der Waals surface area (Å²) in [7, 11) is -9.03. The summed E-state index contributed by atoms with van der Waals surface area (Å²) in [4.78, 5) is -0.680. The minimum absolute atomic E-state index is 0. The first-order valence-corrected chi connectivity index (χ1v) is 22.8. The van der Waals surface area contributed by atoms with Crippen LogP contribution in [0.2, 0.25) is 0 Å². The van der Waals surface area contributed by atoms with E-state index in [1.807, 2.05) is 0 Å². The number of rotatable bonds is 24. The summed E-state index contributed by atoms with van der Waals surface area (Å²) < 4.78 is 78.3. The molecule has 2 N–H and O–H groups in total. The van der Waals surface area contributed by atoms with Crippen molar-refractivity contribution in [2.24, 2.45) is 0 Å². The molecule has 10 nitrogen and oxygen atoms in total. The van der Waals surface area contributed by atoms with Crippen molar-refractivity contribution < 1.29 is 45.6 Å². The largest absolute Gasteiger partial charge is 2.00 e. The van der Waals surface area contributed by atoms with Crippen LogP contribution in [-0.2, 0) is 33.1 Å². The molecule has 0 heterocycles. The second kappa shape index (κ2) is 27.0. The van der Waals surface area contributed by atoms with Crippen molar-refractivity contribution in [2.75, 3.05) is 0 Å². The summed E-state index contributed by atoms with van der Waals surface area (Å²) >= 11 is 0. The third-order valence-electron chi connectivity index (χ3n) is 9.36. The molecule has 0 saturated carbocycles. The van der Waals surface area contributed by atoms with E-state index in [0.717, 1.165) is 49.7 Å². The SMILES string of the molecule is CCCCCCCCCCc1cc(O)ccc1Oc1ccccc1S(=O)(=O)O.CCCCCCCCCCc1cc([O-])ccc1Oc1ccccc1S(=O)(=O)[O-].[Ca+2]. The van der Waals surface area contributed by atoms with Crippen molar-refractivity contribution in [3.05, 3.63) is 96.1 Å². The number of hydrogen-bond acceptors (Lipinski definition) is 9. The van der Waals surface area contributed by atoms with Crippen LogP contribution in [0.3, 0.4) is 0 Å². The predicted octanol–water partition coefficient (Wildman–Crippen LogP) is 10.9. The molecule has 0 bridgehead atoms. The molecule has 4 aromatic carbocycles. The summed E-state index contributed by atoms with van der Waals surface area (Å²) in [5.74, 6) is 0.966. The van der Waals surface area contributed by atoms with Crippen LogP contribution in [0.1, 0.15) is 128 Å². The van der Waals surface area contributed by atoms with Gasteiger partial charge in [0, 0.05) is 0 Å². The number of phenols is 1. The van der Waals surface area contributed by atoms with Crippen molar-refractivity contribution >= 4 is 58.0 Å². The molecule has 0 fully saturated rings. The van der Waals surface area contributed by atoms with E-state index >= 15 is 0 Å². The van der Waals surface area contributed by atoms with Gasteiger partial charge in [0.1, 0.15) is 43.8 Å². The summed E-state index contributed by atoms with van der Waals surface area (Å²) in [6.45, 7) is 4.41. The van der Waals surface area contributed by atoms with Crippen molar-refractivity contribution in [1.82, 2.24) is 0 Å². The van der Waals surface area contributed by atoms with Gasteiger partial charge in [0.15, 0.2) is 0 Å². The van der Waals surface area contributed by atoms with E-state index in [9.17, 15) is 36.2 Å². The Balaban J connectivity index is 0.000000387. The van der Waals surface area contributed by atoms with Gasteiger partial charge in [-0.3, -0.25) is 4.55 Å². The molecule has 308 valence electrons. The van der Waals surface area contributed by atoms with Gasteiger partial charge in [-0.1, -0.05) is 140 Å². The third-order valence-corrected chi connectivity index (χ3v) is 11.1. The number of hydrogen-bond donors (Lipinski definition) is 2. The Morgan fingerprint density at radius 1 is 0.526 bits per heavy atom. The molecule has 0 aliphatic carbocycles. The van der Waals surface area contributed by atoms with Gasteiger partial charge in [-0.05, 0) is 85.3 Å². The number of aryl methyl sites for hydroxylation is 2. The average Bonchev–Trinajstić information content (AvgIpc) is 3.15. The molecule has 4 rings (SSSR count). The maximum absolute atomic E-state index is 11.8. The molecule has 0 atom stereocenters. The van der Waals surface area contributed by atoms with E-state index in [-0.39, 0.29) is 65.6 Å². The predicted molar refractivity (Wildman–Crippen MR) is 223 cm³/mol. The second-order valence-corrected chi connectivity index (χ2v) is 16.8. The maximum atomic E-state index is 11.8. The van der Waals surface area contributed by atoms with Gasteiger partial charge in [0.25, 0.3) is 10.1 Å². The van der Waals surface area contributed by atoms with Crippen LogP contribution in [0.5, 0.6) is 34.5 Å². The molecular weight excluding hydrogens is 793 g/mol. The Labute approximate surface area is 370 Å². The van der Waals surface area contributed by atoms with E-state index in [4.69, 9.17) is 9.47 Å². The summed E-state index contributed by atoms with van der Waals surface area (Å²) in [6.07, 6.45) is 20.5. The molecule has 0 aromatic heterocycles. The van der Waals surface area contributed by atoms with Crippen LogP contribution in [0, 0.1) is 0 Å². The average molecular weight is 851 g/mol. The van der Waals surface area contributed by atoms with Crippen LogP contribution in [0.4, 0.5) is 0 Å². The molecule has 0 radical (unpaired) electrons. The summed E-state index contributed by atoms with van der Waals surface area (Å²) in [5.41, 5.74) is 1.55.